The van der Waals surface area contributed by atoms with E-state index in [-0.39, 0.29) is 23.8 Å². The van der Waals surface area contributed by atoms with E-state index < -0.39 is 0 Å². The number of halogens is 2. The molecule has 0 bridgehead atoms. The summed E-state index contributed by atoms with van der Waals surface area (Å²) >= 11 is 0. The number of nitrogens with two attached hydrogens (primary N) is 1. The Morgan fingerprint density at radius 3 is 2.83 bits per heavy atom. The van der Waals surface area contributed by atoms with Crippen LogP contribution in [-0.4, -0.2) is 30.1 Å². The summed E-state index contributed by atoms with van der Waals surface area (Å²) in [5, 5.41) is 0. The Bertz CT molecular complexity index is 406. The van der Waals surface area contributed by atoms with E-state index in [4.69, 9.17) is 10.5 Å². The molecule has 0 atom stereocenters. The van der Waals surface area contributed by atoms with E-state index in [1.807, 2.05) is 13.8 Å². The van der Waals surface area contributed by atoms with Crippen molar-refractivity contribution in [3.05, 3.63) is 29.6 Å². The summed E-state index contributed by atoms with van der Waals surface area (Å²) in [5.74, 6) is 0.560. The zero-order valence-electron chi connectivity index (χ0n) is 10.8. The zero-order chi connectivity index (χ0) is 12.5. The first-order chi connectivity index (χ1) is 7.94. The first-order valence-corrected chi connectivity index (χ1v) is 5.86. The van der Waals surface area contributed by atoms with Crippen LogP contribution in [0.4, 0.5) is 4.39 Å². The second-order valence-corrected chi connectivity index (χ2v) is 5.30. The maximum absolute atomic E-state index is 13.2. The van der Waals surface area contributed by atoms with Gasteiger partial charge in [0.2, 0.25) is 0 Å². The van der Waals surface area contributed by atoms with Crippen LogP contribution in [0.5, 0.6) is 5.75 Å². The number of fused-ring (bicyclic) bond motifs is 1. The van der Waals surface area contributed by atoms with Crippen LogP contribution in [0.3, 0.4) is 0 Å². The molecule has 0 unspecified atom stereocenters. The largest absolute Gasteiger partial charge is 0.492 e. The summed E-state index contributed by atoms with van der Waals surface area (Å²) in [6, 6.07) is 4.67. The van der Waals surface area contributed by atoms with Crippen molar-refractivity contribution in [1.82, 2.24) is 4.90 Å². The molecule has 1 aliphatic heterocycles. The van der Waals surface area contributed by atoms with E-state index in [1.165, 1.54) is 12.1 Å². The van der Waals surface area contributed by atoms with Gasteiger partial charge in [-0.2, -0.15) is 0 Å². The number of benzene rings is 1. The van der Waals surface area contributed by atoms with Crippen LogP contribution in [0.15, 0.2) is 18.2 Å². The lowest BCUT2D eigenvalue weighted by atomic mass is 10.1. The summed E-state index contributed by atoms with van der Waals surface area (Å²) in [6.45, 7) is 6.88. The number of hydrogen-bond acceptors (Lipinski definition) is 3. The fourth-order valence-electron chi connectivity index (χ4n) is 2.13. The van der Waals surface area contributed by atoms with Crippen LogP contribution in [-0.2, 0) is 6.54 Å². The molecule has 1 aromatic rings. The smallest absolute Gasteiger partial charge is 0.124 e. The van der Waals surface area contributed by atoms with Crippen LogP contribution in [0.25, 0.3) is 0 Å². The highest BCUT2D eigenvalue weighted by Crippen LogP contribution is 2.24. The van der Waals surface area contributed by atoms with Crippen LogP contribution < -0.4 is 10.5 Å². The fraction of sp³-hybridized carbons (Fsp3) is 0.538. The monoisotopic (exact) mass is 274 g/mol. The van der Waals surface area contributed by atoms with E-state index in [0.29, 0.717) is 13.2 Å². The van der Waals surface area contributed by atoms with Gasteiger partial charge in [0.1, 0.15) is 18.2 Å². The second-order valence-electron chi connectivity index (χ2n) is 5.30. The lowest BCUT2D eigenvalue weighted by Crippen LogP contribution is -2.45. The molecule has 0 saturated carbocycles. The van der Waals surface area contributed by atoms with Gasteiger partial charge in [-0.1, -0.05) is 0 Å². The van der Waals surface area contributed by atoms with E-state index in [0.717, 1.165) is 24.4 Å². The Hall–Kier alpha value is -0.840. The van der Waals surface area contributed by atoms with Crippen molar-refractivity contribution < 1.29 is 9.13 Å². The Balaban J connectivity index is 0.00000162. The minimum atomic E-state index is -0.252. The van der Waals surface area contributed by atoms with Crippen LogP contribution >= 0.6 is 12.4 Å². The fourth-order valence-corrected chi connectivity index (χ4v) is 2.13. The maximum atomic E-state index is 13.2. The molecule has 5 heteroatoms. The third-order valence-corrected chi connectivity index (χ3v) is 2.71. The van der Waals surface area contributed by atoms with Gasteiger partial charge >= 0.3 is 0 Å². The van der Waals surface area contributed by atoms with Crippen molar-refractivity contribution in [3.8, 4) is 5.75 Å². The van der Waals surface area contributed by atoms with Crippen molar-refractivity contribution in [2.75, 3.05) is 19.7 Å². The Kier molecular flexibility index (Phi) is 4.96. The van der Waals surface area contributed by atoms with Gasteiger partial charge in [0.05, 0.1) is 0 Å². The lowest BCUT2D eigenvalue weighted by Gasteiger charge is -2.28. The van der Waals surface area contributed by atoms with Gasteiger partial charge in [0, 0.05) is 30.7 Å². The van der Waals surface area contributed by atoms with Crippen molar-refractivity contribution >= 4 is 12.4 Å². The molecule has 1 aromatic carbocycles. The first kappa shape index (κ1) is 15.2. The van der Waals surface area contributed by atoms with E-state index in [9.17, 15) is 4.39 Å². The predicted molar refractivity (Wildman–Crippen MR) is 72.7 cm³/mol. The maximum Gasteiger partial charge on any atom is 0.124 e. The molecule has 3 nitrogen and oxygen atoms in total. The van der Waals surface area contributed by atoms with E-state index >= 15 is 0 Å². The molecule has 0 fully saturated rings. The van der Waals surface area contributed by atoms with Gasteiger partial charge in [-0.3, -0.25) is 4.90 Å². The third-order valence-electron chi connectivity index (χ3n) is 2.71. The van der Waals surface area contributed by atoms with Gasteiger partial charge in [0.25, 0.3) is 0 Å². The standard InChI is InChI=1S/C13H19FN2O.ClH/c1-13(2,15)9-16-5-6-17-12-4-3-11(14)7-10(12)8-16;/h3-4,7H,5-6,8-9,15H2,1-2H3;1H. The molecule has 0 spiro atoms. The zero-order valence-corrected chi connectivity index (χ0v) is 11.6. The van der Waals surface area contributed by atoms with E-state index in [1.54, 1.807) is 6.07 Å². The molecule has 1 aliphatic rings. The number of ether oxygens (including phenoxy) is 1. The quantitative estimate of drug-likeness (QED) is 0.898. The van der Waals surface area contributed by atoms with Crippen molar-refractivity contribution in [2.45, 2.75) is 25.9 Å². The van der Waals surface area contributed by atoms with Gasteiger partial charge < -0.3 is 10.5 Å². The Labute approximate surface area is 114 Å². The van der Waals surface area contributed by atoms with Crippen molar-refractivity contribution in [1.29, 1.82) is 0 Å². The average Bonchev–Trinajstić information content (AvgIpc) is 2.36. The molecule has 0 saturated heterocycles. The molecule has 0 aliphatic carbocycles. The summed E-state index contributed by atoms with van der Waals surface area (Å²) < 4.78 is 18.8. The molecular weight excluding hydrogens is 255 g/mol. The molecule has 0 amide bonds. The van der Waals surface area contributed by atoms with E-state index in [2.05, 4.69) is 4.90 Å². The molecule has 102 valence electrons. The molecule has 0 radical (unpaired) electrons. The third kappa shape index (κ3) is 4.12. The second kappa shape index (κ2) is 5.87. The summed E-state index contributed by atoms with van der Waals surface area (Å²) in [4.78, 5) is 2.20. The molecular formula is C13H20ClFN2O. The highest BCUT2D eigenvalue weighted by atomic mass is 35.5. The molecule has 2 rings (SSSR count). The minimum Gasteiger partial charge on any atom is -0.492 e. The van der Waals surface area contributed by atoms with Gasteiger partial charge in [-0.05, 0) is 32.0 Å². The topological polar surface area (TPSA) is 38.5 Å². The van der Waals surface area contributed by atoms with Crippen molar-refractivity contribution in [2.24, 2.45) is 5.73 Å². The van der Waals surface area contributed by atoms with Crippen LogP contribution in [0.1, 0.15) is 19.4 Å². The molecule has 2 N–H and O–H groups in total. The van der Waals surface area contributed by atoms with Crippen molar-refractivity contribution in [3.63, 3.8) is 0 Å². The average molecular weight is 275 g/mol. The van der Waals surface area contributed by atoms with Gasteiger partial charge in [-0.15, -0.1) is 12.4 Å². The highest BCUT2D eigenvalue weighted by molar-refractivity contribution is 5.85. The normalized spacial score (nSPS) is 16.2. The highest BCUT2D eigenvalue weighted by Gasteiger charge is 2.21. The summed E-state index contributed by atoms with van der Waals surface area (Å²) in [6.07, 6.45) is 0. The molecule has 0 aromatic heterocycles. The summed E-state index contributed by atoms with van der Waals surface area (Å²) in [7, 11) is 0. The lowest BCUT2D eigenvalue weighted by molar-refractivity contribution is 0.195. The number of rotatable bonds is 2. The van der Waals surface area contributed by atoms with Crippen LogP contribution in [0, 0.1) is 5.82 Å². The predicted octanol–water partition coefficient (Wildman–Crippen LogP) is 2.18. The Morgan fingerprint density at radius 1 is 1.44 bits per heavy atom. The SMILES string of the molecule is CC(C)(N)CN1CCOc2ccc(F)cc2C1.Cl. The minimum absolute atomic E-state index is 0. The first-order valence-electron chi connectivity index (χ1n) is 5.86. The van der Waals surface area contributed by atoms with Gasteiger partial charge in [0.15, 0.2) is 0 Å². The van der Waals surface area contributed by atoms with Crippen LogP contribution in [0.2, 0.25) is 0 Å². The molecule has 18 heavy (non-hydrogen) atoms. The molecule has 1 heterocycles. The summed E-state index contributed by atoms with van der Waals surface area (Å²) in [5.41, 5.74) is 6.65. The number of nitrogens with zero attached hydrogens (tertiary/aromatic N) is 1. The van der Waals surface area contributed by atoms with Gasteiger partial charge in [-0.25, -0.2) is 4.39 Å². The Morgan fingerprint density at radius 2 is 2.17 bits per heavy atom. The number of hydrogen-bond donors (Lipinski definition) is 1.